The summed E-state index contributed by atoms with van der Waals surface area (Å²) in [6.07, 6.45) is 0. The van der Waals surface area contributed by atoms with Crippen molar-refractivity contribution in [3.05, 3.63) is 35.5 Å². The number of rotatable bonds is 1. The molecule has 0 fully saturated rings. The van der Waals surface area contributed by atoms with Crippen molar-refractivity contribution in [2.45, 2.75) is 0 Å². The smallest absolute Gasteiger partial charge is 0.352 e. The lowest BCUT2D eigenvalue weighted by molar-refractivity contribution is 0.0691. The first-order valence-corrected chi connectivity index (χ1v) is 3.79. The lowest BCUT2D eigenvalue weighted by atomic mass is 10.2. The molecule has 3 nitrogen and oxygen atoms in total. The second kappa shape index (κ2) is 2.80. The van der Waals surface area contributed by atoms with Gasteiger partial charge in [0.1, 0.15) is 5.69 Å². The van der Waals surface area contributed by atoms with Gasteiger partial charge in [-0.1, -0.05) is 0 Å². The average molecular weight is 197 g/mol. The van der Waals surface area contributed by atoms with Gasteiger partial charge in [0.2, 0.25) is 0 Å². The first-order chi connectivity index (χ1) is 6.59. The molecular weight excluding hydrogens is 192 g/mol. The van der Waals surface area contributed by atoms with Gasteiger partial charge in [-0.2, -0.15) is 0 Å². The molecule has 0 unspecified atom stereocenters. The van der Waals surface area contributed by atoms with Crippen LogP contribution in [0.2, 0.25) is 0 Å². The number of nitrogens with one attached hydrogen (secondary N) is 1. The number of carbonyl (C=O) groups is 1. The number of fused-ring (bicyclic) bond motifs is 1. The summed E-state index contributed by atoms with van der Waals surface area (Å²) in [5, 5.41) is 8.55. The summed E-state index contributed by atoms with van der Waals surface area (Å²) >= 11 is 0. The van der Waals surface area contributed by atoms with Crippen LogP contribution >= 0.6 is 0 Å². The highest BCUT2D eigenvalue weighted by molar-refractivity contribution is 5.93. The Hall–Kier alpha value is -1.91. The number of aromatic amines is 1. The van der Waals surface area contributed by atoms with Crippen LogP contribution < -0.4 is 0 Å². The largest absolute Gasteiger partial charge is 0.477 e. The van der Waals surface area contributed by atoms with Gasteiger partial charge in [-0.15, -0.1) is 0 Å². The molecule has 0 saturated carbocycles. The molecule has 2 aromatic rings. The zero-order valence-electron chi connectivity index (χ0n) is 6.84. The number of aromatic nitrogens is 1. The Morgan fingerprint density at radius 2 is 2.07 bits per heavy atom. The maximum Gasteiger partial charge on any atom is 0.352 e. The Kier molecular flexibility index (Phi) is 1.73. The molecule has 0 aliphatic carbocycles. The van der Waals surface area contributed by atoms with Crippen LogP contribution in [0.15, 0.2) is 18.2 Å². The molecule has 0 atom stereocenters. The average Bonchev–Trinajstić information content (AvgIpc) is 2.56. The fourth-order valence-electron chi connectivity index (χ4n) is 1.26. The summed E-state index contributed by atoms with van der Waals surface area (Å²) < 4.78 is 25.8. The van der Waals surface area contributed by atoms with E-state index in [9.17, 15) is 13.6 Å². The van der Waals surface area contributed by atoms with Crippen LogP contribution in [0.25, 0.3) is 10.9 Å². The summed E-state index contributed by atoms with van der Waals surface area (Å²) in [4.78, 5) is 13.0. The Labute approximate surface area is 77.0 Å². The van der Waals surface area contributed by atoms with Crippen LogP contribution in [-0.2, 0) is 0 Å². The first kappa shape index (κ1) is 8.68. The predicted octanol–water partition coefficient (Wildman–Crippen LogP) is 2.14. The second-order valence-electron chi connectivity index (χ2n) is 2.81. The van der Waals surface area contributed by atoms with Crippen molar-refractivity contribution in [2.75, 3.05) is 0 Å². The highest BCUT2D eigenvalue weighted by atomic mass is 19.2. The van der Waals surface area contributed by atoms with Gasteiger partial charge in [0.05, 0.1) is 0 Å². The van der Waals surface area contributed by atoms with E-state index in [0.717, 1.165) is 12.1 Å². The van der Waals surface area contributed by atoms with E-state index in [1.54, 1.807) is 0 Å². The Morgan fingerprint density at radius 3 is 2.71 bits per heavy atom. The molecule has 1 aromatic heterocycles. The third kappa shape index (κ3) is 1.14. The Morgan fingerprint density at radius 1 is 1.36 bits per heavy atom. The molecule has 2 rings (SSSR count). The molecule has 0 amide bonds. The zero-order chi connectivity index (χ0) is 10.3. The molecule has 0 spiro atoms. The Balaban J connectivity index is 2.77. The van der Waals surface area contributed by atoms with E-state index in [0.29, 0.717) is 0 Å². The number of carboxylic acids is 1. The molecule has 0 saturated heterocycles. The van der Waals surface area contributed by atoms with Gasteiger partial charge in [-0.05, 0) is 18.2 Å². The van der Waals surface area contributed by atoms with Crippen molar-refractivity contribution >= 4 is 16.9 Å². The van der Waals surface area contributed by atoms with Gasteiger partial charge in [-0.3, -0.25) is 0 Å². The molecule has 2 N–H and O–H groups in total. The molecule has 72 valence electrons. The van der Waals surface area contributed by atoms with Gasteiger partial charge < -0.3 is 10.1 Å². The topological polar surface area (TPSA) is 53.1 Å². The minimum absolute atomic E-state index is 0.0533. The van der Waals surface area contributed by atoms with Crippen LogP contribution in [0.3, 0.4) is 0 Å². The number of carboxylic acid groups (broad SMARTS) is 1. The standard InChI is InChI=1S/C9H5F2NO2/c10-5-1-2-6-4(8(5)11)3-7(12-6)9(13)14/h1-3,12H,(H,13,14). The van der Waals surface area contributed by atoms with E-state index in [1.165, 1.54) is 6.07 Å². The summed E-state index contributed by atoms with van der Waals surface area (Å²) in [5.74, 6) is -3.24. The maximum absolute atomic E-state index is 13.1. The third-order valence-electron chi connectivity index (χ3n) is 1.92. The predicted molar refractivity (Wildman–Crippen MR) is 45.2 cm³/mol. The number of aromatic carboxylic acids is 1. The molecule has 14 heavy (non-hydrogen) atoms. The van der Waals surface area contributed by atoms with Gasteiger partial charge >= 0.3 is 5.97 Å². The van der Waals surface area contributed by atoms with Gasteiger partial charge in [0, 0.05) is 10.9 Å². The van der Waals surface area contributed by atoms with Crippen molar-refractivity contribution in [2.24, 2.45) is 0 Å². The minimum atomic E-state index is -1.21. The van der Waals surface area contributed by atoms with Crippen LogP contribution in [0.5, 0.6) is 0 Å². The highest BCUT2D eigenvalue weighted by Crippen LogP contribution is 2.20. The molecule has 0 radical (unpaired) electrons. The number of H-pyrrole nitrogens is 1. The van der Waals surface area contributed by atoms with E-state index < -0.39 is 17.6 Å². The van der Waals surface area contributed by atoms with Crippen molar-refractivity contribution in [3.63, 3.8) is 0 Å². The highest BCUT2D eigenvalue weighted by Gasteiger charge is 2.12. The minimum Gasteiger partial charge on any atom is -0.477 e. The van der Waals surface area contributed by atoms with Crippen LogP contribution in [0, 0.1) is 11.6 Å². The Bertz CT molecular complexity index is 519. The first-order valence-electron chi connectivity index (χ1n) is 3.79. The van der Waals surface area contributed by atoms with Crippen LogP contribution in [0.1, 0.15) is 10.5 Å². The summed E-state index contributed by atoms with van der Waals surface area (Å²) in [5.41, 5.74) is 0.103. The lowest BCUT2D eigenvalue weighted by Crippen LogP contribution is -1.94. The number of hydrogen-bond acceptors (Lipinski definition) is 1. The van der Waals surface area contributed by atoms with Crippen molar-refractivity contribution in [3.8, 4) is 0 Å². The normalized spacial score (nSPS) is 10.7. The number of hydrogen-bond donors (Lipinski definition) is 2. The fraction of sp³-hybridized carbons (Fsp3) is 0. The second-order valence-corrected chi connectivity index (χ2v) is 2.81. The van der Waals surface area contributed by atoms with Crippen molar-refractivity contribution in [1.82, 2.24) is 4.98 Å². The fourth-order valence-corrected chi connectivity index (χ4v) is 1.26. The molecule has 0 bridgehead atoms. The van der Waals surface area contributed by atoms with E-state index >= 15 is 0 Å². The molecule has 1 aromatic carbocycles. The number of halogens is 2. The molecular formula is C9H5F2NO2. The molecule has 5 heteroatoms. The van der Waals surface area contributed by atoms with Crippen LogP contribution in [0.4, 0.5) is 8.78 Å². The molecule has 0 aliphatic heterocycles. The number of benzene rings is 1. The molecule has 0 aliphatic rings. The third-order valence-corrected chi connectivity index (χ3v) is 1.92. The monoisotopic (exact) mass is 197 g/mol. The summed E-state index contributed by atoms with van der Waals surface area (Å²) in [7, 11) is 0. The van der Waals surface area contributed by atoms with E-state index in [2.05, 4.69) is 4.98 Å². The van der Waals surface area contributed by atoms with E-state index in [1.807, 2.05) is 0 Å². The zero-order valence-corrected chi connectivity index (χ0v) is 6.84. The molecule has 1 heterocycles. The quantitative estimate of drug-likeness (QED) is 0.735. The summed E-state index contributed by atoms with van der Waals surface area (Å²) in [6, 6.07) is 3.30. The van der Waals surface area contributed by atoms with Gasteiger partial charge in [-0.25, -0.2) is 13.6 Å². The van der Waals surface area contributed by atoms with Crippen LogP contribution in [-0.4, -0.2) is 16.1 Å². The van der Waals surface area contributed by atoms with Gasteiger partial charge in [0.15, 0.2) is 11.6 Å². The van der Waals surface area contributed by atoms with E-state index in [4.69, 9.17) is 5.11 Å². The SMILES string of the molecule is O=C(O)c1cc2c(F)c(F)ccc2[nH]1. The van der Waals surface area contributed by atoms with Crippen molar-refractivity contribution < 1.29 is 18.7 Å². The maximum atomic E-state index is 13.1. The van der Waals surface area contributed by atoms with Crippen molar-refractivity contribution in [1.29, 1.82) is 0 Å². The summed E-state index contributed by atoms with van der Waals surface area (Å²) in [6.45, 7) is 0. The van der Waals surface area contributed by atoms with E-state index in [-0.39, 0.29) is 16.6 Å². The van der Waals surface area contributed by atoms with Gasteiger partial charge in [0.25, 0.3) is 0 Å². The lowest BCUT2D eigenvalue weighted by Gasteiger charge is -1.92.